The number of nitrogens with zero attached hydrogens (tertiary/aromatic N) is 3. The molecule has 0 aliphatic heterocycles. The zero-order valence-corrected chi connectivity index (χ0v) is 10.8. The number of hydrogen-bond acceptors (Lipinski definition) is 5. The summed E-state index contributed by atoms with van der Waals surface area (Å²) in [7, 11) is 1.64. The van der Waals surface area contributed by atoms with Gasteiger partial charge in [0.2, 0.25) is 5.91 Å². The molecule has 1 amide bonds. The number of carbonyl (C=O) groups excluding carboxylic acids is 1. The first-order chi connectivity index (χ1) is 8.72. The fraction of sp³-hybridized carbons (Fsp3) is 0.364. The summed E-state index contributed by atoms with van der Waals surface area (Å²) in [6.07, 6.45) is 1.72. The first kappa shape index (κ1) is 12.8. The first-order valence-corrected chi connectivity index (χ1v) is 6.42. The number of hydrogen-bond donors (Lipinski definition) is 1. The van der Waals surface area contributed by atoms with Crippen molar-refractivity contribution in [3.63, 3.8) is 0 Å². The number of pyridine rings is 1. The predicted molar refractivity (Wildman–Crippen MR) is 69.3 cm³/mol. The molecule has 0 saturated heterocycles. The summed E-state index contributed by atoms with van der Waals surface area (Å²) in [6, 6.07) is 3.72. The van der Waals surface area contributed by atoms with Crippen LogP contribution in [0.1, 0.15) is 0 Å². The molecule has 0 spiro atoms. The lowest BCUT2D eigenvalue weighted by atomic mass is 10.4. The van der Waals surface area contributed by atoms with Crippen LogP contribution in [-0.2, 0) is 16.1 Å². The van der Waals surface area contributed by atoms with Crippen molar-refractivity contribution in [3.05, 3.63) is 18.3 Å². The summed E-state index contributed by atoms with van der Waals surface area (Å²) in [5, 5.41) is 0.736. The predicted octanol–water partition coefficient (Wildman–Crippen LogP) is 0.655. The van der Waals surface area contributed by atoms with Crippen LogP contribution in [0.25, 0.3) is 11.2 Å². The van der Waals surface area contributed by atoms with E-state index in [2.05, 4.69) is 9.97 Å². The van der Waals surface area contributed by atoms with Crippen LogP contribution in [0.3, 0.4) is 0 Å². The van der Waals surface area contributed by atoms with Gasteiger partial charge in [-0.2, -0.15) is 0 Å². The number of aromatic nitrogens is 3. The number of carbonyl (C=O) groups is 1. The van der Waals surface area contributed by atoms with Crippen molar-refractivity contribution in [2.75, 3.05) is 19.5 Å². The topological polar surface area (TPSA) is 83.0 Å². The number of fused-ring (bicyclic) bond motifs is 1. The molecule has 18 heavy (non-hydrogen) atoms. The van der Waals surface area contributed by atoms with E-state index < -0.39 is 0 Å². The zero-order valence-electron chi connectivity index (χ0n) is 10.00. The van der Waals surface area contributed by atoms with E-state index in [1.54, 1.807) is 13.3 Å². The van der Waals surface area contributed by atoms with Crippen molar-refractivity contribution < 1.29 is 9.53 Å². The number of primary amides is 1. The smallest absolute Gasteiger partial charge is 0.227 e. The molecule has 0 aliphatic carbocycles. The number of amides is 1. The summed E-state index contributed by atoms with van der Waals surface area (Å²) in [4.78, 5) is 19.6. The maximum Gasteiger partial charge on any atom is 0.227 e. The van der Waals surface area contributed by atoms with Gasteiger partial charge in [-0.15, -0.1) is 0 Å². The highest BCUT2D eigenvalue weighted by atomic mass is 32.2. The van der Waals surface area contributed by atoms with E-state index in [4.69, 9.17) is 10.5 Å². The van der Waals surface area contributed by atoms with Gasteiger partial charge in [0.05, 0.1) is 18.9 Å². The van der Waals surface area contributed by atoms with Crippen LogP contribution in [0.15, 0.2) is 23.5 Å². The number of methoxy groups -OCH3 is 1. The highest BCUT2D eigenvalue weighted by Gasteiger charge is 2.12. The average molecular weight is 266 g/mol. The Morgan fingerprint density at radius 1 is 1.61 bits per heavy atom. The van der Waals surface area contributed by atoms with Crippen molar-refractivity contribution >= 4 is 28.8 Å². The summed E-state index contributed by atoms with van der Waals surface area (Å²) in [5.41, 5.74) is 6.75. The van der Waals surface area contributed by atoms with E-state index in [0.717, 1.165) is 16.3 Å². The third kappa shape index (κ3) is 2.80. The summed E-state index contributed by atoms with van der Waals surface area (Å²) in [6.45, 7) is 1.21. The molecule has 0 saturated carbocycles. The molecular formula is C11H14N4O2S. The van der Waals surface area contributed by atoms with Crippen LogP contribution in [0.4, 0.5) is 0 Å². The van der Waals surface area contributed by atoms with E-state index in [0.29, 0.717) is 13.2 Å². The lowest BCUT2D eigenvalue weighted by Crippen LogP contribution is -2.14. The third-order valence-corrected chi connectivity index (χ3v) is 3.33. The van der Waals surface area contributed by atoms with Gasteiger partial charge in [-0.3, -0.25) is 4.79 Å². The molecule has 2 aromatic rings. The van der Waals surface area contributed by atoms with E-state index >= 15 is 0 Å². The number of nitrogens with two attached hydrogens (primary N) is 1. The molecule has 0 radical (unpaired) electrons. The fourth-order valence-electron chi connectivity index (χ4n) is 1.57. The fourth-order valence-corrected chi connectivity index (χ4v) is 2.34. The largest absolute Gasteiger partial charge is 0.383 e. The van der Waals surface area contributed by atoms with Crippen LogP contribution in [0.2, 0.25) is 0 Å². The molecule has 2 N–H and O–H groups in total. The molecular weight excluding hydrogens is 252 g/mol. The minimum Gasteiger partial charge on any atom is -0.383 e. The van der Waals surface area contributed by atoms with Crippen molar-refractivity contribution in [1.29, 1.82) is 0 Å². The Labute approximate surface area is 109 Å². The molecule has 7 heteroatoms. The van der Waals surface area contributed by atoms with Gasteiger partial charge in [0, 0.05) is 13.3 Å². The van der Waals surface area contributed by atoms with Gasteiger partial charge in [-0.1, -0.05) is 11.8 Å². The lowest BCUT2D eigenvalue weighted by molar-refractivity contribution is -0.115. The number of imidazole rings is 1. The normalized spacial score (nSPS) is 10.9. The Morgan fingerprint density at radius 2 is 2.44 bits per heavy atom. The number of ether oxygens (including phenoxy) is 1. The van der Waals surface area contributed by atoms with Gasteiger partial charge in [-0.25, -0.2) is 9.97 Å². The van der Waals surface area contributed by atoms with E-state index in [9.17, 15) is 4.79 Å². The highest BCUT2D eigenvalue weighted by Crippen LogP contribution is 2.22. The average Bonchev–Trinajstić information content (AvgIpc) is 2.71. The maximum absolute atomic E-state index is 10.8. The summed E-state index contributed by atoms with van der Waals surface area (Å²) in [5.74, 6) is -0.158. The zero-order chi connectivity index (χ0) is 13.0. The number of thioether (sulfide) groups is 1. The second kappa shape index (κ2) is 5.83. The van der Waals surface area contributed by atoms with E-state index in [1.165, 1.54) is 11.8 Å². The maximum atomic E-state index is 10.8. The summed E-state index contributed by atoms with van der Waals surface area (Å²) < 4.78 is 7.00. The Bertz CT molecular complexity index is 555. The second-order valence-corrected chi connectivity index (χ2v) is 4.58. The summed E-state index contributed by atoms with van der Waals surface area (Å²) >= 11 is 1.31. The molecule has 0 unspecified atom stereocenters. The van der Waals surface area contributed by atoms with Gasteiger partial charge in [0.1, 0.15) is 5.52 Å². The lowest BCUT2D eigenvalue weighted by Gasteiger charge is -2.06. The van der Waals surface area contributed by atoms with Crippen LogP contribution in [-0.4, -0.2) is 39.9 Å². The van der Waals surface area contributed by atoms with Crippen LogP contribution in [0, 0.1) is 0 Å². The minimum absolute atomic E-state index is 0.205. The Hall–Kier alpha value is -1.60. The third-order valence-electron chi connectivity index (χ3n) is 2.33. The van der Waals surface area contributed by atoms with Gasteiger partial charge in [0.15, 0.2) is 10.8 Å². The van der Waals surface area contributed by atoms with Crippen LogP contribution < -0.4 is 5.73 Å². The molecule has 96 valence electrons. The minimum atomic E-state index is -0.363. The second-order valence-electron chi connectivity index (χ2n) is 3.64. The van der Waals surface area contributed by atoms with Gasteiger partial charge >= 0.3 is 0 Å². The van der Waals surface area contributed by atoms with E-state index in [1.807, 2.05) is 16.7 Å². The molecule has 0 fully saturated rings. The SMILES string of the molecule is COCCn1c(SCC(N)=O)nc2cccnc21. The molecule has 6 nitrogen and oxygen atoms in total. The molecule has 0 aliphatic rings. The van der Waals surface area contributed by atoms with Crippen molar-refractivity contribution in [3.8, 4) is 0 Å². The van der Waals surface area contributed by atoms with Crippen molar-refractivity contribution in [2.24, 2.45) is 5.73 Å². The number of rotatable bonds is 6. The van der Waals surface area contributed by atoms with Crippen LogP contribution >= 0.6 is 11.8 Å². The highest BCUT2D eigenvalue weighted by molar-refractivity contribution is 7.99. The van der Waals surface area contributed by atoms with Gasteiger partial charge < -0.3 is 15.0 Å². The quantitative estimate of drug-likeness (QED) is 0.776. The Kier molecular flexibility index (Phi) is 4.16. The first-order valence-electron chi connectivity index (χ1n) is 5.43. The molecule has 0 aromatic carbocycles. The molecule has 2 rings (SSSR count). The van der Waals surface area contributed by atoms with Crippen LogP contribution in [0.5, 0.6) is 0 Å². The monoisotopic (exact) mass is 266 g/mol. The standard InChI is InChI=1S/C11H14N4O2S/c1-17-6-5-15-10-8(3-2-4-13-10)14-11(15)18-7-9(12)16/h2-4H,5-7H2,1H3,(H2,12,16). The molecule has 0 atom stereocenters. The Morgan fingerprint density at radius 3 is 3.17 bits per heavy atom. The molecule has 2 aromatic heterocycles. The molecule has 0 bridgehead atoms. The molecule has 2 heterocycles. The Balaban J connectivity index is 2.33. The van der Waals surface area contributed by atoms with E-state index in [-0.39, 0.29) is 11.7 Å². The van der Waals surface area contributed by atoms with Gasteiger partial charge in [0.25, 0.3) is 0 Å². The van der Waals surface area contributed by atoms with Crippen molar-refractivity contribution in [1.82, 2.24) is 14.5 Å². The van der Waals surface area contributed by atoms with Gasteiger partial charge in [-0.05, 0) is 12.1 Å². The van der Waals surface area contributed by atoms with Crippen molar-refractivity contribution in [2.45, 2.75) is 11.7 Å².